The van der Waals surface area contributed by atoms with Crippen LogP contribution in [0, 0.1) is 0 Å². The van der Waals surface area contributed by atoms with Crippen LogP contribution in [0.15, 0.2) is 18.2 Å². The van der Waals surface area contributed by atoms with Crippen molar-refractivity contribution in [3.63, 3.8) is 0 Å². The predicted octanol–water partition coefficient (Wildman–Crippen LogP) is 2.10. The summed E-state index contributed by atoms with van der Waals surface area (Å²) in [4.78, 5) is 2.63. The molecule has 1 aliphatic heterocycles. The van der Waals surface area contributed by atoms with Crippen LogP contribution in [0.2, 0.25) is 5.02 Å². The average molecular weight is 251 g/mol. The number of piperazine rings is 1. The van der Waals surface area contributed by atoms with Gasteiger partial charge in [-0.1, -0.05) is 23.7 Å². The Labute approximate surface area is 108 Å². The maximum absolute atomic E-state index is 6.32. The number of fused-ring (bicyclic) bond motifs is 1. The minimum atomic E-state index is 0.699. The summed E-state index contributed by atoms with van der Waals surface area (Å²) in [5.41, 5.74) is 2.85. The number of benzene rings is 1. The minimum absolute atomic E-state index is 0.699. The molecule has 1 aliphatic carbocycles. The van der Waals surface area contributed by atoms with Gasteiger partial charge in [-0.3, -0.25) is 4.90 Å². The Morgan fingerprint density at radius 1 is 1.24 bits per heavy atom. The topological polar surface area (TPSA) is 15.3 Å². The first kappa shape index (κ1) is 11.5. The van der Waals surface area contributed by atoms with E-state index in [2.05, 4.69) is 22.3 Å². The summed E-state index contributed by atoms with van der Waals surface area (Å²) in [7, 11) is 0. The zero-order chi connectivity index (χ0) is 11.7. The summed E-state index contributed by atoms with van der Waals surface area (Å²) in [5, 5.41) is 4.38. The molecule has 1 heterocycles. The molecule has 0 aromatic heterocycles. The van der Waals surface area contributed by atoms with Crippen LogP contribution in [0.3, 0.4) is 0 Å². The summed E-state index contributed by atoms with van der Waals surface area (Å²) in [6.45, 7) is 4.63. The molecule has 0 saturated carbocycles. The fourth-order valence-corrected chi connectivity index (χ4v) is 3.36. The van der Waals surface area contributed by atoms with E-state index >= 15 is 0 Å². The van der Waals surface area contributed by atoms with E-state index in [1.807, 2.05) is 6.07 Å². The van der Waals surface area contributed by atoms with Crippen molar-refractivity contribution in [2.45, 2.75) is 25.3 Å². The van der Waals surface area contributed by atoms with Crippen LogP contribution in [0.5, 0.6) is 0 Å². The van der Waals surface area contributed by atoms with Crippen molar-refractivity contribution in [2.75, 3.05) is 26.2 Å². The van der Waals surface area contributed by atoms with Gasteiger partial charge in [-0.2, -0.15) is 0 Å². The average Bonchev–Trinajstić information content (AvgIpc) is 2.40. The highest BCUT2D eigenvalue weighted by atomic mass is 35.5. The van der Waals surface area contributed by atoms with E-state index in [4.69, 9.17) is 11.6 Å². The van der Waals surface area contributed by atoms with Gasteiger partial charge in [0.05, 0.1) is 0 Å². The Morgan fingerprint density at radius 3 is 2.88 bits per heavy atom. The van der Waals surface area contributed by atoms with E-state index in [0.717, 1.165) is 24.5 Å². The van der Waals surface area contributed by atoms with Crippen molar-refractivity contribution < 1.29 is 0 Å². The van der Waals surface area contributed by atoms with E-state index in [1.165, 1.54) is 37.1 Å². The quantitative estimate of drug-likeness (QED) is 0.821. The second kappa shape index (κ2) is 4.97. The summed E-state index contributed by atoms with van der Waals surface area (Å²) in [5.74, 6) is 0. The van der Waals surface area contributed by atoms with Gasteiger partial charge in [-0.15, -0.1) is 0 Å². The van der Waals surface area contributed by atoms with Crippen molar-refractivity contribution in [1.29, 1.82) is 0 Å². The van der Waals surface area contributed by atoms with E-state index in [1.54, 1.807) is 0 Å². The van der Waals surface area contributed by atoms with Gasteiger partial charge in [-0.25, -0.2) is 0 Å². The zero-order valence-corrected chi connectivity index (χ0v) is 10.8. The fourth-order valence-electron chi connectivity index (χ4n) is 3.08. The van der Waals surface area contributed by atoms with Gasteiger partial charge in [0.15, 0.2) is 0 Å². The van der Waals surface area contributed by atoms with Crippen LogP contribution < -0.4 is 5.32 Å². The van der Waals surface area contributed by atoms with Gasteiger partial charge in [0.25, 0.3) is 0 Å². The van der Waals surface area contributed by atoms with E-state index < -0.39 is 0 Å². The number of hydrogen-bond acceptors (Lipinski definition) is 2. The monoisotopic (exact) mass is 250 g/mol. The molecule has 2 aliphatic rings. The Balaban J connectivity index is 1.77. The molecule has 0 amide bonds. The second-order valence-electron chi connectivity index (χ2n) is 5.06. The number of aryl methyl sites for hydroxylation is 1. The molecule has 3 rings (SSSR count). The summed E-state index contributed by atoms with van der Waals surface area (Å²) in [6, 6.07) is 7.03. The largest absolute Gasteiger partial charge is 0.314 e. The van der Waals surface area contributed by atoms with Crippen LogP contribution in [-0.2, 0) is 12.8 Å². The van der Waals surface area contributed by atoms with Gasteiger partial charge in [0, 0.05) is 37.2 Å². The summed E-state index contributed by atoms with van der Waals surface area (Å²) >= 11 is 6.32. The number of halogens is 1. The van der Waals surface area contributed by atoms with Gasteiger partial charge >= 0.3 is 0 Å². The lowest BCUT2D eigenvalue weighted by molar-refractivity contribution is 0.159. The molecule has 1 unspecified atom stereocenters. The van der Waals surface area contributed by atoms with Gasteiger partial charge in [0.2, 0.25) is 0 Å². The van der Waals surface area contributed by atoms with Gasteiger partial charge in [0.1, 0.15) is 0 Å². The zero-order valence-electron chi connectivity index (χ0n) is 10.1. The maximum atomic E-state index is 6.32. The fraction of sp³-hybridized carbons (Fsp3) is 0.571. The maximum Gasteiger partial charge on any atom is 0.0441 e. The molecule has 0 radical (unpaired) electrons. The standard InChI is InChI=1S/C14H19ClN2/c15-14-3-1-2-11-4-5-12(10-13(11)14)17-8-6-16-7-9-17/h1-3,12,16H,4-10H2. The third-order valence-corrected chi connectivity index (χ3v) is 4.42. The SMILES string of the molecule is Clc1cccc2c1CC(N1CCNCC1)CC2. The summed E-state index contributed by atoms with van der Waals surface area (Å²) in [6.07, 6.45) is 3.60. The Kier molecular flexibility index (Phi) is 3.37. The molecular formula is C14H19ClN2. The molecule has 0 bridgehead atoms. The number of hydrogen-bond donors (Lipinski definition) is 1. The first-order chi connectivity index (χ1) is 8.34. The van der Waals surface area contributed by atoms with Crippen LogP contribution in [0.1, 0.15) is 17.5 Å². The molecule has 1 fully saturated rings. The molecule has 1 aromatic carbocycles. The second-order valence-corrected chi connectivity index (χ2v) is 5.47. The molecule has 3 heteroatoms. The molecule has 1 aromatic rings. The molecule has 1 saturated heterocycles. The smallest absolute Gasteiger partial charge is 0.0441 e. The van der Waals surface area contributed by atoms with Gasteiger partial charge in [-0.05, 0) is 36.5 Å². The molecule has 1 atom stereocenters. The first-order valence-electron chi connectivity index (χ1n) is 6.55. The summed E-state index contributed by atoms with van der Waals surface area (Å²) < 4.78 is 0. The Hall–Kier alpha value is -0.570. The highest BCUT2D eigenvalue weighted by Gasteiger charge is 2.26. The molecule has 0 spiro atoms. The number of nitrogens with zero attached hydrogens (tertiary/aromatic N) is 1. The van der Waals surface area contributed by atoms with Crippen molar-refractivity contribution in [3.8, 4) is 0 Å². The first-order valence-corrected chi connectivity index (χ1v) is 6.93. The lowest BCUT2D eigenvalue weighted by atomic mass is 9.87. The Bertz CT molecular complexity index is 399. The molecule has 92 valence electrons. The molecular weight excluding hydrogens is 232 g/mol. The lowest BCUT2D eigenvalue weighted by Crippen LogP contribution is -2.50. The van der Waals surface area contributed by atoms with Crippen LogP contribution in [0.25, 0.3) is 0 Å². The number of nitrogens with one attached hydrogen (secondary N) is 1. The highest BCUT2D eigenvalue weighted by molar-refractivity contribution is 6.31. The predicted molar refractivity (Wildman–Crippen MR) is 71.7 cm³/mol. The molecule has 1 N–H and O–H groups in total. The van der Waals surface area contributed by atoms with E-state index in [0.29, 0.717) is 6.04 Å². The van der Waals surface area contributed by atoms with Crippen LogP contribution >= 0.6 is 11.6 Å². The third-order valence-electron chi connectivity index (χ3n) is 4.07. The van der Waals surface area contributed by atoms with Gasteiger partial charge < -0.3 is 5.32 Å². The molecule has 2 nitrogen and oxygen atoms in total. The number of rotatable bonds is 1. The van der Waals surface area contributed by atoms with Crippen molar-refractivity contribution in [2.24, 2.45) is 0 Å². The normalized spacial score (nSPS) is 25.6. The minimum Gasteiger partial charge on any atom is -0.314 e. The van der Waals surface area contributed by atoms with Crippen molar-refractivity contribution in [3.05, 3.63) is 34.3 Å². The molecule has 17 heavy (non-hydrogen) atoms. The van der Waals surface area contributed by atoms with E-state index in [-0.39, 0.29) is 0 Å². The lowest BCUT2D eigenvalue weighted by Gasteiger charge is -2.37. The van der Waals surface area contributed by atoms with E-state index in [9.17, 15) is 0 Å². The third kappa shape index (κ3) is 2.35. The van der Waals surface area contributed by atoms with Crippen LogP contribution in [0.4, 0.5) is 0 Å². The van der Waals surface area contributed by atoms with Crippen molar-refractivity contribution >= 4 is 11.6 Å². The van der Waals surface area contributed by atoms with Crippen molar-refractivity contribution in [1.82, 2.24) is 10.2 Å². The van der Waals surface area contributed by atoms with Crippen LogP contribution in [-0.4, -0.2) is 37.1 Å². The Morgan fingerprint density at radius 2 is 2.06 bits per heavy atom. The highest BCUT2D eigenvalue weighted by Crippen LogP contribution is 2.29.